The minimum atomic E-state index is -0.988. The van der Waals surface area contributed by atoms with Crippen molar-refractivity contribution in [3.63, 3.8) is 0 Å². The maximum atomic E-state index is 12.1. The first kappa shape index (κ1) is 14.2. The van der Waals surface area contributed by atoms with Crippen molar-refractivity contribution < 1.29 is 9.90 Å². The summed E-state index contributed by atoms with van der Waals surface area (Å²) >= 11 is 0. The third-order valence-electron chi connectivity index (χ3n) is 2.73. The van der Waals surface area contributed by atoms with Gasteiger partial charge in [0.15, 0.2) is 5.82 Å². The summed E-state index contributed by atoms with van der Waals surface area (Å²) < 4.78 is 1.55. The quantitative estimate of drug-likeness (QED) is 0.840. The number of carbonyl (C=O) groups is 1. The van der Waals surface area contributed by atoms with Crippen molar-refractivity contribution in [1.82, 2.24) is 9.55 Å². The second-order valence-electron chi connectivity index (χ2n) is 4.73. The summed E-state index contributed by atoms with van der Waals surface area (Å²) in [4.78, 5) is 28.4. The predicted molar refractivity (Wildman–Crippen MR) is 68.8 cm³/mol. The van der Waals surface area contributed by atoms with Crippen LogP contribution >= 0.6 is 0 Å². The lowest BCUT2D eigenvalue weighted by molar-refractivity contribution is -0.138. The highest BCUT2D eigenvalue weighted by molar-refractivity contribution is 5.76. The van der Waals surface area contributed by atoms with E-state index >= 15 is 0 Å². The van der Waals surface area contributed by atoms with Gasteiger partial charge in [0.1, 0.15) is 6.04 Å². The van der Waals surface area contributed by atoms with Gasteiger partial charge in [-0.1, -0.05) is 13.8 Å². The van der Waals surface area contributed by atoms with E-state index in [1.54, 1.807) is 17.8 Å². The van der Waals surface area contributed by atoms with Crippen molar-refractivity contribution >= 4 is 11.8 Å². The fraction of sp³-hybridized carbons (Fsp3) is 0.583. The van der Waals surface area contributed by atoms with Crippen molar-refractivity contribution in [3.8, 4) is 0 Å². The molecule has 0 aliphatic rings. The van der Waals surface area contributed by atoms with Crippen LogP contribution < -0.4 is 10.5 Å². The van der Waals surface area contributed by atoms with Gasteiger partial charge in [0.25, 0.3) is 5.56 Å². The smallest absolute Gasteiger partial charge is 0.326 e. The van der Waals surface area contributed by atoms with Gasteiger partial charge in [-0.25, -0.2) is 9.78 Å². The Labute approximate surface area is 106 Å². The molecule has 1 heterocycles. The summed E-state index contributed by atoms with van der Waals surface area (Å²) in [5.74, 6) is -0.494. The van der Waals surface area contributed by atoms with E-state index in [1.807, 2.05) is 13.8 Å². The predicted octanol–water partition coefficient (Wildman–Crippen LogP) is 0.809. The van der Waals surface area contributed by atoms with E-state index in [-0.39, 0.29) is 11.4 Å². The van der Waals surface area contributed by atoms with Gasteiger partial charge < -0.3 is 14.6 Å². The van der Waals surface area contributed by atoms with Crippen LogP contribution in [0.15, 0.2) is 17.2 Å². The molecule has 0 radical (unpaired) electrons. The summed E-state index contributed by atoms with van der Waals surface area (Å²) in [7, 11) is 1.56. The Balaban J connectivity index is 3.11. The number of rotatable bonds is 5. The highest BCUT2D eigenvalue weighted by Crippen LogP contribution is 2.06. The molecule has 0 saturated carbocycles. The largest absolute Gasteiger partial charge is 0.480 e. The molecular weight excluding hydrogens is 234 g/mol. The molecule has 0 amide bonds. The Bertz CT molecular complexity index is 482. The number of carboxylic acid groups (broad SMARTS) is 1. The van der Waals surface area contributed by atoms with Gasteiger partial charge in [-0.2, -0.15) is 0 Å². The lowest BCUT2D eigenvalue weighted by atomic mass is 10.2. The van der Waals surface area contributed by atoms with Crippen LogP contribution in [0.5, 0.6) is 0 Å². The summed E-state index contributed by atoms with van der Waals surface area (Å²) in [6, 6.07) is -0.792. The van der Waals surface area contributed by atoms with Gasteiger partial charge in [0.2, 0.25) is 0 Å². The fourth-order valence-electron chi connectivity index (χ4n) is 1.56. The number of likely N-dealkylation sites (N-methyl/N-ethyl adjacent to an activating group) is 1. The van der Waals surface area contributed by atoms with Crippen LogP contribution in [0.3, 0.4) is 0 Å². The first-order chi connectivity index (χ1) is 8.34. The van der Waals surface area contributed by atoms with Crippen LogP contribution in [-0.2, 0) is 11.3 Å². The maximum absolute atomic E-state index is 12.1. The molecule has 1 rings (SSSR count). The van der Waals surface area contributed by atoms with E-state index in [1.165, 1.54) is 18.0 Å². The van der Waals surface area contributed by atoms with Gasteiger partial charge >= 0.3 is 5.97 Å². The van der Waals surface area contributed by atoms with Crippen LogP contribution in [0.2, 0.25) is 0 Å². The fourth-order valence-corrected chi connectivity index (χ4v) is 1.56. The monoisotopic (exact) mass is 253 g/mol. The second kappa shape index (κ2) is 5.66. The van der Waals surface area contributed by atoms with Gasteiger partial charge in [0.05, 0.1) is 0 Å². The number of aliphatic carboxylic acids is 1. The molecule has 1 unspecified atom stereocenters. The van der Waals surface area contributed by atoms with Gasteiger partial charge in [-0.05, 0) is 12.8 Å². The topological polar surface area (TPSA) is 75.4 Å². The van der Waals surface area contributed by atoms with E-state index in [0.29, 0.717) is 12.5 Å². The molecule has 1 aromatic heterocycles. The normalized spacial score (nSPS) is 12.5. The molecule has 0 aromatic carbocycles. The number of hydrogen-bond donors (Lipinski definition) is 1. The second-order valence-corrected chi connectivity index (χ2v) is 4.73. The number of carboxylic acids is 1. The van der Waals surface area contributed by atoms with Crippen molar-refractivity contribution in [3.05, 3.63) is 22.7 Å². The number of aromatic nitrogens is 2. The molecule has 6 heteroatoms. The maximum Gasteiger partial charge on any atom is 0.326 e. The zero-order valence-corrected chi connectivity index (χ0v) is 11.1. The number of anilines is 1. The highest BCUT2D eigenvalue weighted by atomic mass is 16.4. The van der Waals surface area contributed by atoms with Crippen molar-refractivity contribution in [1.29, 1.82) is 0 Å². The molecule has 6 nitrogen and oxygen atoms in total. The first-order valence-electron chi connectivity index (χ1n) is 5.85. The lowest BCUT2D eigenvalue weighted by Gasteiger charge is -2.22. The van der Waals surface area contributed by atoms with Crippen LogP contribution in [0.4, 0.5) is 5.82 Å². The zero-order valence-electron chi connectivity index (χ0n) is 11.1. The van der Waals surface area contributed by atoms with Crippen molar-refractivity contribution in [2.45, 2.75) is 33.4 Å². The van der Waals surface area contributed by atoms with Crippen molar-refractivity contribution in [2.24, 2.45) is 5.92 Å². The summed E-state index contributed by atoms with van der Waals surface area (Å²) in [5.41, 5.74) is -0.262. The van der Waals surface area contributed by atoms with E-state index in [9.17, 15) is 9.59 Å². The number of hydrogen-bond acceptors (Lipinski definition) is 4. The molecule has 0 aliphatic carbocycles. The SMILES string of the molecule is CC(C)Cn1ccnc(N(C)C(C)C(=O)O)c1=O. The Morgan fingerprint density at radius 1 is 1.50 bits per heavy atom. The lowest BCUT2D eigenvalue weighted by Crippen LogP contribution is -2.40. The van der Waals surface area contributed by atoms with Crippen LogP contribution in [-0.4, -0.2) is 33.7 Å². The zero-order chi connectivity index (χ0) is 13.9. The minimum absolute atomic E-state index is 0.160. The van der Waals surface area contributed by atoms with Crippen molar-refractivity contribution in [2.75, 3.05) is 11.9 Å². The third kappa shape index (κ3) is 3.09. The summed E-state index contributed by atoms with van der Waals surface area (Å²) in [6.07, 6.45) is 3.13. The molecule has 1 aromatic rings. The summed E-state index contributed by atoms with van der Waals surface area (Å²) in [6.45, 7) is 6.12. The van der Waals surface area contributed by atoms with Gasteiger partial charge in [-0.3, -0.25) is 4.79 Å². The Hall–Kier alpha value is -1.85. The molecule has 18 heavy (non-hydrogen) atoms. The number of nitrogens with zero attached hydrogens (tertiary/aromatic N) is 3. The molecular formula is C12H19N3O3. The molecule has 1 atom stereocenters. The molecule has 0 fully saturated rings. The van der Waals surface area contributed by atoms with E-state index in [2.05, 4.69) is 4.98 Å². The minimum Gasteiger partial charge on any atom is -0.480 e. The molecule has 0 bridgehead atoms. The molecule has 100 valence electrons. The van der Waals surface area contributed by atoms with E-state index in [4.69, 9.17) is 5.11 Å². The molecule has 0 spiro atoms. The average molecular weight is 253 g/mol. The van der Waals surface area contributed by atoms with E-state index in [0.717, 1.165) is 0 Å². The Morgan fingerprint density at radius 3 is 2.61 bits per heavy atom. The van der Waals surface area contributed by atoms with Crippen LogP contribution in [0.1, 0.15) is 20.8 Å². The Kier molecular flexibility index (Phi) is 4.47. The highest BCUT2D eigenvalue weighted by Gasteiger charge is 2.21. The molecule has 0 aliphatic heterocycles. The Morgan fingerprint density at radius 2 is 2.11 bits per heavy atom. The standard InChI is InChI=1S/C12H19N3O3/c1-8(2)7-15-6-5-13-10(11(15)16)14(4)9(3)12(17)18/h5-6,8-9H,7H2,1-4H3,(H,17,18). The summed E-state index contributed by atoms with van der Waals surface area (Å²) in [5, 5.41) is 8.94. The molecule has 1 N–H and O–H groups in total. The van der Waals surface area contributed by atoms with Crippen LogP contribution in [0, 0.1) is 5.92 Å². The van der Waals surface area contributed by atoms with Gasteiger partial charge in [0, 0.05) is 26.0 Å². The molecule has 0 saturated heterocycles. The first-order valence-corrected chi connectivity index (χ1v) is 5.85. The average Bonchev–Trinajstić information content (AvgIpc) is 2.29. The van der Waals surface area contributed by atoms with Crippen LogP contribution in [0.25, 0.3) is 0 Å². The van der Waals surface area contributed by atoms with E-state index < -0.39 is 12.0 Å². The third-order valence-corrected chi connectivity index (χ3v) is 2.73. The van der Waals surface area contributed by atoms with Gasteiger partial charge in [-0.15, -0.1) is 0 Å².